The zero-order chi connectivity index (χ0) is 12.4. The largest absolute Gasteiger partial charge is 0.481 e. The maximum absolute atomic E-state index is 10.9. The molecular weight excluding hydrogens is 216 g/mol. The van der Waals surface area contributed by atoms with Crippen molar-refractivity contribution >= 4 is 17.3 Å². The van der Waals surface area contributed by atoms with E-state index in [1.165, 1.54) is 5.69 Å². The number of anilines is 2. The lowest BCUT2D eigenvalue weighted by atomic mass is 9.96. The van der Waals surface area contributed by atoms with Gasteiger partial charge in [-0.2, -0.15) is 0 Å². The number of hydrogen-bond acceptors (Lipinski definition) is 3. The molecule has 0 aromatic heterocycles. The highest BCUT2D eigenvalue weighted by atomic mass is 16.4. The summed E-state index contributed by atoms with van der Waals surface area (Å²) in [6.07, 6.45) is 1.44. The third-order valence-electron chi connectivity index (χ3n) is 3.41. The molecule has 0 radical (unpaired) electrons. The van der Waals surface area contributed by atoms with E-state index in [0.29, 0.717) is 0 Å². The van der Waals surface area contributed by atoms with Gasteiger partial charge in [0.1, 0.15) is 0 Å². The summed E-state index contributed by atoms with van der Waals surface area (Å²) in [4.78, 5) is 13.1. The maximum Gasteiger partial charge on any atom is 0.306 e. The van der Waals surface area contributed by atoms with E-state index < -0.39 is 5.97 Å². The SMILES string of the molecule is Cc1cc(N)ccc1N1CCC(C(=O)O)CC1. The summed E-state index contributed by atoms with van der Waals surface area (Å²) in [7, 11) is 0. The van der Waals surface area contributed by atoms with Gasteiger partial charge in [0.05, 0.1) is 5.92 Å². The Morgan fingerprint density at radius 3 is 2.59 bits per heavy atom. The first-order valence-electron chi connectivity index (χ1n) is 5.92. The minimum absolute atomic E-state index is 0.180. The van der Waals surface area contributed by atoms with Crippen LogP contribution in [0.2, 0.25) is 0 Å². The van der Waals surface area contributed by atoms with Crippen LogP contribution in [0.3, 0.4) is 0 Å². The Morgan fingerprint density at radius 2 is 2.06 bits per heavy atom. The molecule has 0 aliphatic carbocycles. The number of benzene rings is 1. The van der Waals surface area contributed by atoms with Gasteiger partial charge in [0.25, 0.3) is 0 Å². The molecule has 4 heteroatoms. The molecule has 1 heterocycles. The second-order valence-corrected chi connectivity index (χ2v) is 4.65. The van der Waals surface area contributed by atoms with E-state index in [0.717, 1.165) is 37.2 Å². The summed E-state index contributed by atoms with van der Waals surface area (Å²) in [6.45, 7) is 3.65. The van der Waals surface area contributed by atoms with Crippen molar-refractivity contribution in [2.75, 3.05) is 23.7 Å². The first kappa shape index (κ1) is 11.8. The topological polar surface area (TPSA) is 66.6 Å². The predicted octanol–water partition coefficient (Wildman–Crippen LogP) is 1.88. The standard InChI is InChI=1S/C13H18N2O2/c1-9-8-11(14)2-3-12(9)15-6-4-10(5-7-15)13(16)17/h2-3,8,10H,4-7,14H2,1H3,(H,16,17). The zero-order valence-corrected chi connectivity index (χ0v) is 10.0. The van der Waals surface area contributed by atoms with Crippen molar-refractivity contribution in [2.45, 2.75) is 19.8 Å². The van der Waals surface area contributed by atoms with E-state index in [1.54, 1.807) is 0 Å². The Balaban J connectivity index is 2.08. The number of carbonyl (C=O) groups is 1. The normalized spacial score (nSPS) is 17.1. The Labute approximate surface area is 101 Å². The van der Waals surface area contributed by atoms with Gasteiger partial charge in [-0.05, 0) is 43.5 Å². The van der Waals surface area contributed by atoms with Crippen molar-refractivity contribution in [1.29, 1.82) is 0 Å². The molecule has 4 nitrogen and oxygen atoms in total. The van der Waals surface area contributed by atoms with E-state index in [1.807, 2.05) is 25.1 Å². The summed E-state index contributed by atoms with van der Waals surface area (Å²) in [6, 6.07) is 5.87. The number of hydrogen-bond donors (Lipinski definition) is 2. The molecule has 0 saturated carbocycles. The molecule has 1 aromatic rings. The molecule has 0 unspecified atom stereocenters. The van der Waals surface area contributed by atoms with Gasteiger partial charge in [-0.15, -0.1) is 0 Å². The second kappa shape index (κ2) is 4.65. The molecular formula is C13H18N2O2. The van der Waals surface area contributed by atoms with Crippen LogP contribution in [0.25, 0.3) is 0 Å². The van der Waals surface area contributed by atoms with Crippen LogP contribution in [0, 0.1) is 12.8 Å². The van der Waals surface area contributed by atoms with Crippen LogP contribution < -0.4 is 10.6 Å². The van der Waals surface area contributed by atoms with E-state index in [4.69, 9.17) is 10.8 Å². The Kier molecular flexibility index (Phi) is 3.22. The van der Waals surface area contributed by atoms with Crippen LogP contribution in [0.5, 0.6) is 0 Å². The Morgan fingerprint density at radius 1 is 1.41 bits per heavy atom. The summed E-state index contributed by atoms with van der Waals surface area (Å²) in [5.74, 6) is -0.848. The highest BCUT2D eigenvalue weighted by molar-refractivity contribution is 5.70. The molecule has 0 bridgehead atoms. The molecule has 1 aliphatic rings. The highest BCUT2D eigenvalue weighted by Crippen LogP contribution is 2.27. The van der Waals surface area contributed by atoms with Crippen LogP contribution in [0.15, 0.2) is 18.2 Å². The molecule has 92 valence electrons. The van der Waals surface area contributed by atoms with Crippen molar-refractivity contribution < 1.29 is 9.90 Å². The van der Waals surface area contributed by atoms with E-state index >= 15 is 0 Å². The molecule has 3 N–H and O–H groups in total. The minimum Gasteiger partial charge on any atom is -0.481 e. The van der Waals surface area contributed by atoms with E-state index in [9.17, 15) is 4.79 Å². The molecule has 1 aliphatic heterocycles. The van der Waals surface area contributed by atoms with Gasteiger partial charge in [-0.25, -0.2) is 0 Å². The molecule has 17 heavy (non-hydrogen) atoms. The van der Waals surface area contributed by atoms with Gasteiger partial charge >= 0.3 is 5.97 Å². The fourth-order valence-corrected chi connectivity index (χ4v) is 2.40. The molecule has 2 rings (SSSR count). The molecule has 1 aromatic carbocycles. The predicted molar refractivity (Wildman–Crippen MR) is 68.2 cm³/mol. The number of nitrogen functional groups attached to an aromatic ring is 1. The quantitative estimate of drug-likeness (QED) is 0.767. The van der Waals surface area contributed by atoms with Crippen molar-refractivity contribution in [3.63, 3.8) is 0 Å². The molecule has 0 spiro atoms. The third kappa shape index (κ3) is 2.52. The summed E-state index contributed by atoms with van der Waals surface area (Å²) >= 11 is 0. The highest BCUT2D eigenvalue weighted by Gasteiger charge is 2.24. The van der Waals surface area contributed by atoms with Gasteiger partial charge in [0.15, 0.2) is 0 Å². The van der Waals surface area contributed by atoms with Crippen LogP contribution in [-0.2, 0) is 4.79 Å². The van der Waals surface area contributed by atoms with Gasteiger partial charge in [-0.3, -0.25) is 4.79 Å². The first-order chi connectivity index (χ1) is 8.08. The summed E-state index contributed by atoms with van der Waals surface area (Å²) in [5.41, 5.74) is 8.81. The molecule has 1 fully saturated rings. The summed E-state index contributed by atoms with van der Waals surface area (Å²) in [5, 5.41) is 8.95. The van der Waals surface area contributed by atoms with Crippen LogP contribution in [0.4, 0.5) is 11.4 Å². The lowest BCUT2D eigenvalue weighted by Gasteiger charge is -2.33. The smallest absolute Gasteiger partial charge is 0.306 e. The van der Waals surface area contributed by atoms with E-state index in [-0.39, 0.29) is 5.92 Å². The van der Waals surface area contributed by atoms with Gasteiger partial charge in [0, 0.05) is 24.5 Å². The van der Waals surface area contributed by atoms with Gasteiger partial charge in [-0.1, -0.05) is 0 Å². The second-order valence-electron chi connectivity index (χ2n) is 4.65. The fourth-order valence-electron chi connectivity index (χ4n) is 2.40. The average molecular weight is 234 g/mol. The van der Waals surface area contributed by atoms with Crippen molar-refractivity contribution in [1.82, 2.24) is 0 Å². The Bertz CT molecular complexity index is 423. The van der Waals surface area contributed by atoms with Crippen molar-refractivity contribution in [2.24, 2.45) is 5.92 Å². The number of carboxylic acid groups (broad SMARTS) is 1. The molecule has 0 amide bonds. The van der Waals surface area contributed by atoms with E-state index in [2.05, 4.69) is 4.90 Å². The Hall–Kier alpha value is -1.71. The molecule has 1 saturated heterocycles. The summed E-state index contributed by atoms with van der Waals surface area (Å²) < 4.78 is 0. The van der Waals surface area contributed by atoms with Crippen molar-refractivity contribution in [3.05, 3.63) is 23.8 Å². The first-order valence-corrected chi connectivity index (χ1v) is 5.92. The van der Waals surface area contributed by atoms with Gasteiger partial charge < -0.3 is 15.7 Å². The number of piperidine rings is 1. The number of aliphatic carboxylic acids is 1. The zero-order valence-electron chi connectivity index (χ0n) is 10.0. The number of nitrogens with two attached hydrogens (primary N) is 1. The van der Waals surface area contributed by atoms with Crippen molar-refractivity contribution in [3.8, 4) is 0 Å². The monoisotopic (exact) mass is 234 g/mol. The lowest BCUT2D eigenvalue weighted by molar-refractivity contribution is -0.142. The van der Waals surface area contributed by atoms with Gasteiger partial charge in [0.2, 0.25) is 0 Å². The van der Waals surface area contributed by atoms with Crippen LogP contribution in [-0.4, -0.2) is 24.2 Å². The average Bonchev–Trinajstić information content (AvgIpc) is 2.29. The van der Waals surface area contributed by atoms with Crippen LogP contribution >= 0.6 is 0 Å². The minimum atomic E-state index is -0.668. The fraction of sp³-hybridized carbons (Fsp3) is 0.462. The lowest BCUT2D eigenvalue weighted by Crippen LogP contribution is -2.36. The number of aryl methyl sites for hydroxylation is 1. The van der Waals surface area contributed by atoms with Crippen LogP contribution in [0.1, 0.15) is 18.4 Å². The molecule has 0 atom stereocenters. The maximum atomic E-state index is 10.9. The number of nitrogens with zero attached hydrogens (tertiary/aromatic N) is 1. The third-order valence-corrected chi connectivity index (χ3v) is 3.41. The number of carboxylic acids is 1. The number of rotatable bonds is 2.